The Kier molecular flexibility index (Phi) is 7.18. The van der Waals surface area contributed by atoms with Gasteiger partial charge in [0.25, 0.3) is 0 Å². The standard InChI is InChI=1S/C24H28Cl2N2O3S/c1-3-31-13-12-27-16-20(19-6-4-5-7-23(19)27)18-8-10-28(11-9-18)32(29,30)24-14-17(2)21(25)15-22(24)26/h4-7,14-16,18H,3,8-13H2,1-2H3. The Hall–Kier alpha value is -1.57. The van der Waals surface area contributed by atoms with Crippen LogP contribution in [0.1, 0.15) is 36.8 Å². The molecule has 1 saturated heterocycles. The average Bonchev–Trinajstić information content (AvgIpc) is 3.15. The topological polar surface area (TPSA) is 51.5 Å². The van der Waals surface area contributed by atoms with Crippen molar-refractivity contribution in [1.82, 2.24) is 8.87 Å². The number of aryl methyl sites for hydroxylation is 1. The van der Waals surface area contributed by atoms with Crippen molar-refractivity contribution in [2.75, 3.05) is 26.3 Å². The zero-order chi connectivity index (χ0) is 22.9. The maximum atomic E-state index is 13.3. The number of benzene rings is 2. The Bertz CT molecular complexity index is 1220. The number of hydrogen-bond donors (Lipinski definition) is 0. The molecule has 0 amide bonds. The number of rotatable bonds is 7. The number of para-hydroxylation sites is 1. The molecule has 0 radical (unpaired) electrons. The van der Waals surface area contributed by atoms with Crippen molar-refractivity contribution >= 4 is 44.1 Å². The maximum Gasteiger partial charge on any atom is 0.244 e. The molecule has 8 heteroatoms. The van der Waals surface area contributed by atoms with Crippen LogP contribution in [0.3, 0.4) is 0 Å². The van der Waals surface area contributed by atoms with Gasteiger partial charge in [0, 0.05) is 48.4 Å². The van der Waals surface area contributed by atoms with E-state index in [0.29, 0.717) is 42.8 Å². The molecule has 4 rings (SSSR count). The average molecular weight is 495 g/mol. The smallest absolute Gasteiger partial charge is 0.244 e. The molecular weight excluding hydrogens is 467 g/mol. The highest BCUT2D eigenvalue weighted by molar-refractivity contribution is 7.89. The van der Waals surface area contributed by atoms with Crippen LogP contribution in [-0.4, -0.2) is 43.6 Å². The molecule has 5 nitrogen and oxygen atoms in total. The minimum Gasteiger partial charge on any atom is -0.380 e. The van der Waals surface area contributed by atoms with E-state index in [4.69, 9.17) is 27.9 Å². The molecule has 0 unspecified atom stereocenters. The second-order valence-corrected chi connectivity index (χ2v) is 10.9. The van der Waals surface area contributed by atoms with Crippen molar-refractivity contribution in [3.8, 4) is 0 Å². The molecule has 2 aromatic carbocycles. The quantitative estimate of drug-likeness (QED) is 0.386. The third-order valence-electron chi connectivity index (χ3n) is 6.22. The van der Waals surface area contributed by atoms with Crippen molar-refractivity contribution in [1.29, 1.82) is 0 Å². The van der Waals surface area contributed by atoms with Crippen LogP contribution in [0.2, 0.25) is 10.0 Å². The summed E-state index contributed by atoms with van der Waals surface area (Å²) in [5.41, 5.74) is 3.18. The molecular formula is C24H28Cl2N2O3S. The second kappa shape index (κ2) is 9.74. The number of halogens is 2. The maximum absolute atomic E-state index is 13.3. The third kappa shape index (κ3) is 4.57. The molecule has 3 aromatic rings. The normalized spacial score (nSPS) is 16.1. The lowest BCUT2D eigenvalue weighted by molar-refractivity contribution is 0.140. The molecule has 1 aliphatic rings. The van der Waals surface area contributed by atoms with Crippen molar-refractivity contribution in [3.63, 3.8) is 0 Å². The number of sulfonamides is 1. The third-order valence-corrected chi connectivity index (χ3v) is 9.00. The lowest BCUT2D eigenvalue weighted by Gasteiger charge is -2.31. The van der Waals surface area contributed by atoms with E-state index in [2.05, 4.69) is 35.0 Å². The number of nitrogens with zero attached hydrogens (tertiary/aromatic N) is 2. The van der Waals surface area contributed by atoms with Crippen LogP contribution in [-0.2, 0) is 21.3 Å². The summed E-state index contributed by atoms with van der Waals surface area (Å²) in [4.78, 5) is 0.132. The van der Waals surface area contributed by atoms with Gasteiger partial charge < -0.3 is 9.30 Å². The van der Waals surface area contributed by atoms with Crippen LogP contribution in [0.4, 0.5) is 0 Å². The molecule has 0 bridgehead atoms. The molecule has 0 N–H and O–H groups in total. The SMILES string of the molecule is CCOCCn1cc(C2CCN(S(=O)(=O)c3cc(C)c(Cl)cc3Cl)CC2)c2ccccc21. The molecule has 0 atom stereocenters. The van der Waals surface area contributed by atoms with Crippen LogP contribution in [0.15, 0.2) is 47.5 Å². The predicted octanol–water partition coefficient (Wildman–Crippen LogP) is 5.86. The van der Waals surface area contributed by atoms with Gasteiger partial charge in [0.05, 0.1) is 11.6 Å². The minimum atomic E-state index is -3.67. The van der Waals surface area contributed by atoms with Crippen molar-refractivity contribution in [2.45, 2.75) is 44.0 Å². The van der Waals surface area contributed by atoms with Gasteiger partial charge >= 0.3 is 0 Å². The largest absolute Gasteiger partial charge is 0.380 e. The van der Waals surface area contributed by atoms with E-state index in [0.717, 1.165) is 19.4 Å². The lowest BCUT2D eigenvalue weighted by Crippen LogP contribution is -2.38. The van der Waals surface area contributed by atoms with Crippen LogP contribution >= 0.6 is 23.2 Å². The van der Waals surface area contributed by atoms with E-state index in [1.165, 1.54) is 22.5 Å². The van der Waals surface area contributed by atoms with E-state index in [9.17, 15) is 8.42 Å². The van der Waals surface area contributed by atoms with Crippen molar-refractivity contribution in [2.24, 2.45) is 0 Å². The summed E-state index contributed by atoms with van der Waals surface area (Å²) in [5.74, 6) is 0.308. The molecule has 1 fully saturated rings. The zero-order valence-corrected chi connectivity index (χ0v) is 20.7. The molecule has 2 heterocycles. The number of ether oxygens (including phenoxy) is 1. The van der Waals surface area contributed by atoms with E-state index >= 15 is 0 Å². The number of aromatic nitrogens is 1. The van der Waals surface area contributed by atoms with Crippen LogP contribution < -0.4 is 0 Å². The van der Waals surface area contributed by atoms with E-state index in [-0.39, 0.29) is 9.92 Å². The first-order chi connectivity index (χ1) is 15.3. The van der Waals surface area contributed by atoms with Gasteiger partial charge in [0.15, 0.2) is 0 Å². The highest BCUT2D eigenvalue weighted by atomic mass is 35.5. The second-order valence-electron chi connectivity index (χ2n) is 8.20. The zero-order valence-electron chi connectivity index (χ0n) is 18.4. The predicted molar refractivity (Wildman–Crippen MR) is 130 cm³/mol. The summed E-state index contributed by atoms with van der Waals surface area (Å²) in [5, 5.41) is 1.87. The Balaban J connectivity index is 1.54. The molecule has 32 heavy (non-hydrogen) atoms. The van der Waals surface area contributed by atoms with Gasteiger partial charge in [0.1, 0.15) is 4.90 Å². The Labute approximate surface area is 199 Å². The Morgan fingerprint density at radius 2 is 1.81 bits per heavy atom. The molecule has 1 aliphatic heterocycles. The molecule has 0 aliphatic carbocycles. The van der Waals surface area contributed by atoms with Gasteiger partial charge in [-0.3, -0.25) is 0 Å². The first-order valence-electron chi connectivity index (χ1n) is 10.9. The fraction of sp³-hybridized carbons (Fsp3) is 0.417. The highest BCUT2D eigenvalue weighted by Crippen LogP contribution is 2.37. The minimum absolute atomic E-state index is 0.132. The number of fused-ring (bicyclic) bond motifs is 1. The van der Waals surface area contributed by atoms with Gasteiger partial charge in [0.2, 0.25) is 10.0 Å². The summed E-state index contributed by atoms with van der Waals surface area (Å²) < 4.78 is 35.9. The van der Waals surface area contributed by atoms with Crippen LogP contribution in [0, 0.1) is 6.92 Å². The van der Waals surface area contributed by atoms with Gasteiger partial charge in [-0.2, -0.15) is 4.31 Å². The van der Waals surface area contributed by atoms with E-state index < -0.39 is 10.0 Å². The summed E-state index contributed by atoms with van der Waals surface area (Å²) in [6, 6.07) is 11.5. The molecule has 1 aromatic heterocycles. The van der Waals surface area contributed by atoms with Gasteiger partial charge in [-0.15, -0.1) is 0 Å². The number of piperidine rings is 1. The Morgan fingerprint density at radius 1 is 1.09 bits per heavy atom. The fourth-order valence-electron chi connectivity index (χ4n) is 4.47. The van der Waals surface area contributed by atoms with E-state index in [1.54, 1.807) is 17.3 Å². The molecule has 0 spiro atoms. The van der Waals surface area contributed by atoms with Crippen molar-refractivity contribution in [3.05, 3.63) is 63.8 Å². The van der Waals surface area contributed by atoms with Gasteiger partial charge in [-0.05, 0) is 61.9 Å². The molecule has 0 saturated carbocycles. The summed E-state index contributed by atoms with van der Waals surface area (Å²) >= 11 is 12.3. The van der Waals surface area contributed by atoms with Gasteiger partial charge in [-0.1, -0.05) is 41.4 Å². The van der Waals surface area contributed by atoms with Crippen LogP contribution in [0.5, 0.6) is 0 Å². The first kappa shape index (κ1) is 23.6. The highest BCUT2D eigenvalue weighted by Gasteiger charge is 2.32. The van der Waals surface area contributed by atoms with Gasteiger partial charge in [-0.25, -0.2) is 8.42 Å². The van der Waals surface area contributed by atoms with Crippen molar-refractivity contribution < 1.29 is 13.2 Å². The molecule has 172 valence electrons. The van der Waals surface area contributed by atoms with E-state index in [1.807, 2.05) is 6.92 Å². The monoisotopic (exact) mass is 494 g/mol. The fourth-order valence-corrected chi connectivity index (χ4v) is 6.74. The summed E-state index contributed by atoms with van der Waals surface area (Å²) in [6.07, 6.45) is 3.75. The summed E-state index contributed by atoms with van der Waals surface area (Å²) in [7, 11) is -3.67. The number of hydrogen-bond acceptors (Lipinski definition) is 3. The summed E-state index contributed by atoms with van der Waals surface area (Å²) in [6.45, 7) is 6.89. The van der Waals surface area contributed by atoms with Crippen LogP contribution in [0.25, 0.3) is 10.9 Å². The Morgan fingerprint density at radius 3 is 2.53 bits per heavy atom. The lowest BCUT2D eigenvalue weighted by atomic mass is 9.90. The first-order valence-corrected chi connectivity index (χ1v) is 13.1.